The lowest BCUT2D eigenvalue weighted by Gasteiger charge is -2.12. The van der Waals surface area contributed by atoms with Crippen molar-refractivity contribution in [1.29, 1.82) is 0 Å². The minimum Gasteiger partial charge on any atom is -0.465 e. The highest BCUT2D eigenvalue weighted by Crippen LogP contribution is 2.22. The third kappa shape index (κ3) is 3.53. The quantitative estimate of drug-likeness (QED) is 0.709. The maximum absolute atomic E-state index is 12.7. The number of aromatic nitrogens is 2. The molecule has 8 heteroatoms. The highest BCUT2D eigenvalue weighted by molar-refractivity contribution is 7.92. The van der Waals surface area contributed by atoms with Crippen molar-refractivity contribution in [1.82, 2.24) is 9.78 Å². The Morgan fingerprint density at radius 3 is 2.64 bits per heavy atom. The molecule has 1 heterocycles. The zero-order valence-electron chi connectivity index (χ0n) is 13.3. The number of sulfonamides is 1. The van der Waals surface area contributed by atoms with E-state index < -0.39 is 16.0 Å². The second kappa shape index (κ2) is 6.78. The molecule has 0 saturated carbocycles. The third-order valence-electron chi connectivity index (χ3n) is 3.45. The van der Waals surface area contributed by atoms with Crippen LogP contribution in [0.2, 0.25) is 0 Å². The largest absolute Gasteiger partial charge is 0.465 e. The molecule has 2 aromatic carbocycles. The van der Waals surface area contributed by atoms with Crippen LogP contribution in [-0.2, 0) is 14.8 Å². The molecule has 1 N–H and O–H groups in total. The van der Waals surface area contributed by atoms with Crippen molar-refractivity contribution in [2.24, 2.45) is 0 Å². The summed E-state index contributed by atoms with van der Waals surface area (Å²) in [4.78, 5) is 11.7. The first-order valence-corrected chi connectivity index (χ1v) is 8.80. The summed E-state index contributed by atoms with van der Waals surface area (Å²) < 4.78 is 34.1. The molecule has 0 amide bonds. The number of carbonyl (C=O) groups excluding carboxylic acids is 1. The second-order valence-corrected chi connectivity index (χ2v) is 6.75. The first-order chi connectivity index (χ1) is 12.0. The average Bonchev–Trinajstić information content (AvgIpc) is 3.15. The molecule has 0 spiro atoms. The predicted octanol–water partition coefficient (Wildman–Crippen LogP) is 2.46. The molecular formula is C17H15N3O4S. The minimum atomic E-state index is -3.97. The lowest BCUT2D eigenvalue weighted by Crippen LogP contribution is -2.17. The maximum atomic E-state index is 12.7. The zero-order valence-corrected chi connectivity index (χ0v) is 14.1. The predicted molar refractivity (Wildman–Crippen MR) is 92.2 cm³/mol. The summed E-state index contributed by atoms with van der Waals surface area (Å²) in [6.07, 6.45) is 3.38. The molecule has 0 saturated heterocycles. The Balaban J connectivity index is 1.96. The van der Waals surface area contributed by atoms with E-state index in [2.05, 4.69) is 14.6 Å². The van der Waals surface area contributed by atoms with Crippen LogP contribution in [0.4, 0.5) is 5.69 Å². The molecule has 0 aliphatic heterocycles. The van der Waals surface area contributed by atoms with Gasteiger partial charge in [0.15, 0.2) is 0 Å². The normalized spacial score (nSPS) is 11.1. The number of rotatable bonds is 5. The van der Waals surface area contributed by atoms with Gasteiger partial charge in [0.05, 0.1) is 24.0 Å². The van der Waals surface area contributed by atoms with Crippen LogP contribution in [0.1, 0.15) is 10.4 Å². The highest BCUT2D eigenvalue weighted by Gasteiger charge is 2.22. The van der Waals surface area contributed by atoms with Crippen LogP contribution in [-0.4, -0.2) is 31.3 Å². The molecule has 3 rings (SSSR count). The lowest BCUT2D eigenvalue weighted by molar-refractivity contribution is 0.0596. The molecule has 0 unspecified atom stereocenters. The number of anilines is 1. The Bertz CT molecular complexity index is 998. The number of benzene rings is 2. The van der Waals surface area contributed by atoms with E-state index in [-0.39, 0.29) is 10.5 Å². The van der Waals surface area contributed by atoms with Crippen molar-refractivity contribution >= 4 is 21.7 Å². The van der Waals surface area contributed by atoms with Gasteiger partial charge in [0.1, 0.15) is 4.90 Å². The van der Waals surface area contributed by atoms with Gasteiger partial charge >= 0.3 is 5.97 Å². The van der Waals surface area contributed by atoms with Gasteiger partial charge in [-0.15, -0.1) is 0 Å². The van der Waals surface area contributed by atoms with Crippen molar-refractivity contribution in [3.05, 3.63) is 72.6 Å². The molecule has 0 radical (unpaired) electrons. The molecule has 3 aromatic rings. The number of carbonyl (C=O) groups is 1. The Labute approximate surface area is 144 Å². The van der Waals surface area contributed by atoms with Gasteiger partial charge in [-0.2, -0.15) is 5.10 Å². The summed E-state index contributed by atoms with van der Waals surface area (Å²) in [6, 6.07) is 14.4. The number of methoxy groups -OCH3 is 1. The van der Waals surface area contributed by atoms with E-state index in [1.807, 2.05) is 0 Å². The van der Waals surface area contributed by atoms with Crippen molar-refractivity contribution in [3.63, 3.8) is 0 Å². The molecule has 0 fully saturated rings. The van der Waals surface area contributed by atoms with Crippen LogP contribution < -0.4 is 4.72 Å². The monoisotopic (exact) mass is 357 g/mol. The van der Waals surface area contributed by atoms with Crippen LogP contribution in [0.5, 0.6) is 0 Å². The molecule has 25 heavy (non-hydrogen) atoms. The van der Waals surface area contributed by atoms with Gasteiger partial charge in [-0.1, -0.05) is 18.2 Å². The Morgan fingerprint density at radius 2 is 1.92 bits per heavy atom. The average molecular weight is 357 g/mol. The fourth-order valence-corrected chi connectivity index (χ4v) is 3.57. The van der Waals surface area contributed by atoms with Crippen molar-refractivity contribution in [3.8, 4) is 5.69 Å². The first kappa shape index (κ1) is 16.7. The van der Waals surface area contributed by atoms with E-state index >= 15 is 0 Å². The van der Waals surface area contributed by atoms with Crippen molar-refractivity contribution < 1.29 is 17.9 Å². The standard InChI is InChI=1S/C17H15N3O4S/c1-24-17(21)15-8-2-3-9-16(15)25(22,23)19-13-6-4-7-14(12-13)20-11-5-10-18-20/h2-12,19H,1H3. The van der Waals surface area contributed by atoms with E-state index in [9.17, 15) is 13.2 Å². The Morgan fingerprint density at radius 1 is 1.12 bits per heavy atom. The molecule has 0 aliphatic rings. The van der Waals surface area contributed by atoms with E-state index in [4.69, 9.17) is 0 Å². The number of nitrogens with zero attached hydrogens (tertiary/aromatic N) is 2. The summed E-state index contributed by atoms with van der Waals surface area (Å²) in [5, 5.41) is 4.11. The summed E-state index contributed by atoms with van der Waals surface area (Å²) in [7, 11) is -2.76. The van der Waals surface area contributed by atoms with Gasteiger partial charge < -0.3 is 4.74 Å². The molecule has 0 bridgehead atoms. The Kier molecular flexibility index (Phi) is 4.53. The highest BCUT2D eigenvalue weighted by atomic mass is 32.2. The topological polar surface area (TPSA) is 90.3 Å². The van der Waals surface area contributed by atoms with E-state index in [1.165, 1.54) is 19.2 Å². The van der Waals surface area contributed by atoms with E-state index in [0.29, 0.717) is 11.4 Å². The summed E-state index contributed by atoms with van der Waals surface area (Å²) in [6.45, 7) is 0. The molecule has 128 valence electrons. The molecule has 1 aromatic heterocycles. The summed E-state index contributed by atoms with van der Waals surface area (Å²) in [5.74, 6) is -0.716. The van der Waals surface area contributed by atoms with Crippen LogP contribution in [0.15, 0.2) is 71.9 Å². The summed E-state index contributed by atoms with van der Waals surface area (Å²) in [5.41, 5.74) is 1.03. The Hall–Kier alpha value is -3.13. The molecule has 0 atom stereocenters. The number of hydrogen-bond acceptors (Lipinski definition) is 5. The molecular weight excluding hydrogens is 342 g/mol. The second-order valence-electron chi connectivity index (χ2n) is 5.09. The molecule has 7 nitrogen and oxygen atoms in total. The number of ether oxygens (including phenoxy) is 1. The molecule has 0 aliphatic carbocycles. The fraction of sp³-hybridized carbons (Fsp3) is 0.0588. The SMILES string of the molecule is COC(=O)c1ccccc1S(=O)(=O)Nc1cccc(-n2cccn2)c1. The van der Waals surface area contributed by atoms with Crippen LogP contribution in [0.3, 0.4) is 0 Å². The fourth-order valence-electron chi connectivity index (χ4n) is 2.32. The van der Waals surface area contributed by atoms with Gasteiger partial charge in [0.25, 0.3) is 10.0 Å². The van der Waals surface area contributed by atoms with Gasteiger partial charge in [0.2, 0.25) is 0 Å². The smallest absolute Gasteiger partial charge is 0.339 e. The zero-order chi connectivity index (χ0) is 17.9. The van der Waals surface area contributed by atoms with Gasteiger partial charge in [0, 0.05) is 12.4 Å². The van der Waals surface area contributed by atoms with Crippen molar-refractivity contribution in [2.45, 2.75) is 4.90 Å². The first-order valence-electron chi connectivity index (χ1n) is 7.31. The maximum Gasteiger partial charge on any atom is 0.339 e. The number of hydrogen-bond donors (Lipinski definition) is 1. The minimum absolute atomic E-state index is 0.0271. The van der Waals surface area contributed by atoms with Gasteiger partial charge in [-0.05, 0) is 36.4 Å². The lowest BCUT2D eigenvalue weighted by atomic mass is 10.2. The van der Waals surface area contributed by atoms with Gasteiger partial charge in [-0.25, -0.2) is 17.9 Å². The number of nitrogens with one attached hydrogen (secondary N) is 1. The summed E-state index contributed by atoms with van der Waals surface area (Å²) >= 11 is 0. The third-order valence-corrected chi connectivity index (χ3v) is 4.89. The van der Waals surface area contributed by atoms with E-state index in [1.54, 1.807) is 59.5 Å². The van der Waals surface area contributed by atoms with E-state index in [0.717, 1.165) is 0 Å². The van der Waals surface area contributed by atoms with Crippen molar-refractivity contribution in [2.75, 3.05) is 11.8 Å². The van der Waals surface area contributed by atoms with Gasteiger partial charge in [-0.3, -0.25) is 4.72 Å². The van der Waals surface area contributed by atoms with Crippen LogP contribution >= 0.6 is 0 Å². The van der Waals surface area contributed by atoms with Crippen LogP contribution in [0.25, 0.3) is 5.69 Å². The number of esters is 1. The van der Waals surface area contributed by atoms with Crippen LogP contribution in [0, 0.1) is 0 Å².